The molecule has 0 atom stereocenters. The van der Waals surface area contributed by atoms with Crippen LogP contribution in [0.2, 0.25) is 10.3 Å². The molecular formula is C10H9Cl2N3S. The van der Waals surface area contributed by atoms with E-state index in [1.807, 2.05) is 0 Å². The van der Waals surface area contributed by atoms with Gasteiger partial charge < -0.3 is 5.32 Å². The molecule has 0 aliphatic carbocycles. The molecule has 0 aliphatic rings. The van der Waals surface area contributed by atoms with E-state index >= 15 is 0 Å². The molecule has 2 heterocycles. The van der Waals surface area contributed by atoms with Crippen LogP contribution in [0.1, 0.15) is 5.56 Å². The summed E-state index contributed by atoms with van der Waals surface area (Å²) in [5, 5.41) is 15.4. The maximum Gasteiger partial charge on any atom is 0.174 e. The lowest BCUT2D eigenvalue weighted by atomic mass is 10.2. The zero-order valence-electron chi connectivity index (χ0n) is 8.28. The maximum atomic E-state index is 5.86. The van der Waals surface area contributed by atoms with Crippen LogP contribution in [0.25, 0.3) is 0 Å². The molecule has 0 bridgehead atoms. The van der Waals surface area contributed by atoms with Crippen LogP contribution in [0, 0.1) is 0 Å². The Morgan fingerprint density at radius 2 is 2.19 bits per heavy atom. The highest BCUT2D eigenvalue weighted by Crippen LogP contribution is 2.20. The van der Waals surface area contributed by atoms with E-state index in [1.165, 1.54) is 5.56 Å². The van der Waals surface area contributed by atoms with E-state index in [4.69, 9.17) is 23.2 Å². The van der Waals surface area contributed by atoms with Crippen molar-refractivity contribution in [2.75, 3.05) is 11.9 Å². The van der Waals surface area contributed by atoms with E-state index < -0.39 is 0 Å². The molecule has 2 rings (SSSR count). The van der Waals surface area contributed by atoms with Crippen molar-refractivity contribution in [1.82, 2.24) is 10.2 Å². The number of rotatable bonds is 4. The van der Waals surface area contributed by atoms with Crippen LogP contribution in [-0.2, 0) is 6.42 Å². The zero-order chi connectivity index (χ0) is 11.4. The number of hydrogen-bond donors (Lipinski definition) is 1. The largest absolute Gasteiger partial charge is 0.382 e. The van der Waals surface area contributed by atoms with E-state index in [9.17, 15) is 0 Å². The predicted octanol–water partition coefficient (Wildman–Crippen LogP) is 3.50. The summed E-state index contributed by atoms with van der Waals surface area (Å²) in [6, 6.07) is 3.77. The highest BCUT2D eigenvalue weighted by Gasteiger charge is 2.03. The van der Waals surface area contributed by atoms with E-state index in [1.54, 1.807) is 17.4 Å². The number of thiophene rings is 1. The normalized spacial score (nSPS) is 10.4. The van der Waals surface area contributed by atoms with Crippen LogP contribution in [0.15, 0.2) is 22.9 Å². The predicted molar refractivity (Wildman–Crippen MR) is 68.6 cm³/mol. The van der Waals surface area contributed by atoms with Crippen LogP contribution >= 0.6 is 34.5 Å². The second kappa shape index (κ2) is 5.48. The lowest BCUT2D eigenvalue weighted by molar-refractivity contribution is 0.996. The number of anilines is 1. The van der Waals surface area contributed by atoms with Crippen molar-refractivity contribution >= 4 is 40.2 Å². The van der Waals surface area contributed by atoms with Crippen molar-refractivity contribution in [3.63, 3.8) is 0 Å². The average Bonchev–Trinajstić information content (AvgIpc) is 2.76. The molecule has 0 fully saturated rings. The van der Waals surface area contributed by atoms with Crippen molar-refractivity contribution in [2.24, 2.45) is 0 Å². The quantitative estimate of drug-likeness (QED) is 0.927. The fraction of sp³-hybridized carbons (Fsp3) is 0.200. The molecule has 2 aromatic heterocycles. The number of nitrogens with zero attached hydrogens (tertiary/aromatic N) is 2. The zero-order valence-corrected chi connectivity index (χ0v) is 10.6. The van der Waals surface area contributed by atoms with Gasteiger partial charge in [0.05, 0.1) is 5.69 Å². The first-order valence-electron chi connectivity index (χ1n) is 4.69. The van der Waals surface area contributed by atoms with Crippen molar-refractivity contribution in [1.29, 1.82) is 0 Å². The van der Waals surface area contributed by atoms with E-state index in [0.29, 0.717) is 10.3 Å². The molecule has 16 heavy (non-hydrogen) atoms. The first-order chi connectivity index (χ1) is 7.75. The summed E-state index contributed by atoms with van der Waals surface area (Å²) < 4.78 is 0. The smallest absolute Gasteiger partial charge is 0.174 e. The average molecular weight is 274 g/mol. The Bertz CT molecular complexity index is 459. The first-order valence-corrected chi connectivity index (χ1v) is 6.39. The lowest BCUT2D eigenvalue weighted by Gasteiger charge is -2.06. The van der Waals surface area contributed by atoms with E-state index in [0.717, 1.165) is 18.7 Å². The Balaban J connectivity index is 1.92. The minimum absolute atomic E-state index is 0.336. The summed E-state index contributed by atoms with van der Waals surface area (Å²) in [6.45, 7) is 0.790. The van der Waals surface area contributed by atoms with Gasteiger partial charge in [-0.2, -0.15) is 11.3 Å². The summed E-state index contributed by atoms with van der Waals surface area (Å²) in [7, 11) is 0. The van der Waals surface area contributed by atoms with Gasteiger partial charge in [0.2, 0.25) is 0 Å². The highest BCUT2D eigenvalue weighted by atomic mass is 35.5. The SMILES string of the molecule is Clc1cc(NCCc2ccsc2)c(Cl)nn1. The topological polar surface area (TPSA) is 37.8 Å². The Morgan fingerprint density at radius 1 is 1.31 bits per heavy atom. The second-order valence-electron chi connectivity index (χ2n) is 3.18. The number of halogens is 2. The van der Waals surface area contributed by atoms with Crippen molar-refractivity contribution in [3.05, 3.63) is 38.8 Å². The lowest BCUT2D eigenvalue weighted by Crippen LogP contribution is -2.05. The van der Waals surface area contributed by atoms with E-state index in [-0.39, 0.29) is 0 Å². The third-order valence-electron chi connectivity index (χ3n) is 2.03. The van der Waals surface area contributed by atoms with Gasteiger partial charge in [0.15, 0.2) is 10.3 Å². The summed E-state index contributed by atoms with van der Waals surface area (Å²) in [4.78, 5) is 0. The van der Waals surface area contributed by atoms with Gasteiger partial charge in [-0.1, -0.05) is 23.2 Å². The van der Waals surface area contributed by atoms with Crippen LogP contribution in [0.4, 0.5) is 5.69 Å². The molecule has 84 valence electrons. The van der Waals surface area contributed by atoms with Crippen LogP contribution in [-0.4, -0.2) is 16.7 Å². The summed E-state index contributed by atoms with van der Waals surface area (Å²) in [6.07, 6.45) is 0.944. The summed E-state index contributed by atoms with van der Waals surface area (Å²) >= 11 is 13.3. The standard InChI is InChI=1S/C10H9Cl2N3S/c11-9-5-8(10(12)15-14-9)13-3-1-7-2-4-16-6-7/h2,4-6H,1,3H2,(H,13,14). The second-order valence-corrected chi connectivity index (χ2v) is 4.71. The van der Waals surface area contributed by atoms with Gasteiger partial charge in [-0.15, -0.1) is 10.2 Å². The Labute approximate surface area is 107 Å². The molecule has 6 heteroatoms. The fourth-order valence-electron chi connectivity index (χ4n) is 1.25. The monoisotopic (exact) mass is 273 g/mol. The molecule has 0 saturated carbocycles. The molecule has 0 spiro atoms. The number of aromatic nitrogens is 2. The van der Waals surface area contributed by atoms with Gasteiger partial charge in [-0.3, -0.25) is 0 Å². The molecule has 3 nitrogen and oxygen atoms in total. The highest BCUT2D eigenvalue weighted by molar-refractivity contribution is 7.07. The third kappa shape index (κ3) is 3.07. The number of hydrogen-bond acceptors (Lipinski definition) is 4. The Kier molecular flexibility index (Phi) is 3.98. The van der Waals surface area contributed by atoms with Crippen molar-refractivity contribution in [2.45, 2.75) is 6.42 Å². The van der Waals surface area contributed by atoms with Gasteiger partial charge in [0.1, 0.15) is 0 Å². The van der Waals surface area contributed by atoms with Gasteiger partial charge in [0.25, 0.3) is 0 Å². The van der Waals surface area contributed by atoms with Gasteiger partial charge in [0, 0.05) is 12.6 Å². The minimum atomic E-state index is 0.336. The first kappa shape index (κ1) is 11.6. The number of nitrogens with one attached hydrogen (secondary N) is 1. The minimum Gasteiger partial charge on any atom is -0.382 e. The molecule has 0 aromatic carbocycles. The van der Waals surface area contributed by atoms with Crippen LogP contribution < -0.4 is 5.32 Å². The van der Waals surface area contributed by atoms with Gasteiger partial charge in [-0.25, -0.2) is 0 Å². The molecule has 0 amide bonds. The van der Waals surface area contributed by atoms with E-state index in [2.05, 4.69) is 32.3 Å². The Hall–Kier alpha value is -0.840. The summed E-state index contributed by atoms with van der Waals surface area (Å²) in [5.74, 6) is 0. The van der Waals surface area contributed by atoms with Crippen LogP contribution in [0.3, 0.4) is 0 Å². The molecule has 0 aliphatic heterocycles. The summed E-state index contributed by atoms with van der Waals surface area (Å²) in [5.41, 5.74) is 2.03. The molecule has 0 unspecified atom stereocenters. The van der Waals surface area contributed by atoms with Gasteiger partial charge >= 0.3 is 0 Å². The maximum absolute atomic E-state index is 5.86. The third-order valence-corrected chi connectivity index (χ3v) is 3.22. The van der Waals surface area contributed by atoms with Crippen LogP contribution in [0.5, 0.6) is 0 Å². The molecule has 2 aromatic rings. The van der Waals surface area contributed by atoms with Crippen molar-refractivity contribution < 1.29 is 0 Å². The Morgan fingerprint density at radius 3 is 2.94 bits per heavy atom. The van der Waals surface area contributed by atoms with Crippen molar-refractivity contribution in [3.8, 4) is 0 Å². The molecule has 1 N–H and O–H groups in total. The van der Waals surface area contributed by atoms with Gasteiger partial charge in [-0.05, 0) is 28.8 Å². The molecule has 0 radical (unpaired) electrons. The fourth-order valence-corrected chi connectivity index (χ4v) is 2.26. The molecule has 0 saturated heterocycles. The molecular weight excluding hydrogens is 265 g/mol.